The molecule has 3 heterocycles. The first-order valence-corrected chi connectivity index (χ1v) is 22.1. The normalized spacial score (nSPS) is 15.3. The lowest BCUT2D eigenvalue weighted by molar-refractivity contribution is 0.605. The van der Waals surface area contributed by atoms with Crippen molar-refractivity contribution in [1.82, 2.24) is 0 Å². The number of para-hydroxylation sites is 5. The summed E-state index contributed by atoms with van der Waals surface area (Å²) in [5, 5.41) is 11.0. The van der Waals surface area contributed by atoms with Gasteiger partial charge in [-0.25, -0.2) is 0 Å². The smallest absolute Gasteiger partial charge is 0.159 e. The lowest BCUT2D eigenvalue weighted by atomic mass is 9.92. The molecular formula is C59H42N2O3. The summed E-state index contributed by atoms with van der Waals surface area (Å²) in [7, 11) is 0. The van der Waals surface area contributed by atoms with E-state index in [0.717, 1.165) is 127 Å². The zero-order valence-electron chi connectivity index (χ0n) is 35.7. The Kier molecular flexibility index (Phi) is 8.01. The number of anilines is 5. The molecule has 5 heteroatoms. The highest BCUT2D eigenvalue weighted by atomic mass is 16.3. The first-order valence-electron chi connectivity index (χ1n) is 22.1. The van der Waals surface area contributed by atoms with Gasteiger partial charge in [0.05, 0.1) is 28.8 Å². The molecule has 0 radical (unpaired) electrons. The van der Waals surface area contributed by atoms with Crippen LogP contribution in [-0.2, 0) is 0 Å². The van der Waals surface area contributed by atoms with Crippen molar-refractivity contribution in [3.8, 4) is 0 Å². The number of allylic oxidation sites excluding steroid dienone is 2. The molecule has 2 unspecified atom stereocenters. The number of furan rings is 3. The third kappa shape index (κ3) is 5.31. The van der Waals surface area contributed by atoms with Gasteiger partial charge in [-0.1, -0.05) is 159 Å². The van der Waals surface area contributed by atoms with Gasteiger partial charge >= 0.3 is 0 Å². The number of rotatable bonds is 6. The largest absolute Gasteiger partial charge is 0.455 e. The SMILES string of the molecule is Cc1cccc2c1oc1c(N(c3ccccc3)c3cc4oc5c6ccccc6c(N(c6cccc7c6oc6c(C)cccc67)C6C=CC=CC6C)cc5c4c4ccccc34)cccc12. The predicted octanol–water partition coefficient (Wildman–Crippen LogP) is 17.0. The van der Waals surface area contributed by atoms with E-state index in [1.807, 2.05) is 0 Å². The molecule has 0 spiro atoms. The van der Waals surface area contributed by atoms with Crippen LogP contribution in [0.5, 0.6) is 0 Å². The standard InChI is InChI=1S/C59H42N2O3/c1-35-17-7-12-30-48(35)61(50-32-16-29-46-44-27-14-19-37(3)56(44)64-59(46)50)51-33-47-54-41-24-10-8-22-39(41)52(34-53(54)62-57(47)42-25-11-9-23-40(42)51)60(38-20-5-4-6-21-38)49-31-15-28-45-43-26-13-18-36(2)55(43)63-58(45)49/h4-35,48H,1-3H3. The van der Waals surface area contributed by atoms with Crippen LogP contribution in [0.2, 0.25) is 0 Å². The van der Waals surface area contributed by atoms with Gasteiger partial charge in [0, 0.05) is 60.2 Å². The van der Waals surface area contributed by atoms with E-state index in [-0.39, 0.29) is 12.0 Å². The fourth-order valence-electron chi connectivity index (χ4n) is 10.5. The minimum Gasteiger partial charge on any atom is -0.455 e. The number of hydrogen-bond donors (Lipinski definition) is 0. The van der Waals surface area contributed by atoms with E-state index < -0.39 is 0 Å². The maximum absolute atomic E-state index is 7.21. The minimum absolute atomic E-state index is 0.0106. The van der Waals surface area contributed by atoms with Crippen LogP contribution in [0.1, 0.15) is 18.1 Å². The summed E-state index contributed by atoms with van der Waals surface area (Å²) in [4.78, 5) is 4.84. The summed E-state index contributed by atoms with van der Waals surface area (Å²) >= 11 is 0. The van der Waals surface area contributed by atoms with Crippen LogP contribution in [0.4, 0.5) is 28.4 Å². The first kappa shape index (κ1) is 36.6. The lowest BCUT2D eigenvalue weighted by Crippen LogP contribution is -2.35. The summed E-state index contributed by atoms with van der Waals surface area (Å²) in [6.45, 7) is 6.54. The molecule has 0 amide bonds. The average molecular weight is 827 g/mol. The third-order valence-corrected chi connectivity index (χ3v) is 13.5. The summed E-state index contributed by atoms with van der Waals surface area (Å²) in [5.74, 6) is 0.217. The van der Waals surface area contributed by atoms with Gasteiger partial charge in [0.25, 0.3) is 0 Å². The first-order chi connectivity index (χ1) is 31.5. The molecule has 0 fully saturated rings. The molecule has 3 aromatic heterocycles. The third-order valence-electron chi connectivity index (χ3n) is 13.5. The maximum atomic E-state index is 7.21. The van der Waals surface area contributed by atoms with E-state index in [9.17, 15) is 0 Å². The van der Waals surface area contributed by atoms with Crippen LogP contribution in [0.3, 0.4) is 0 Å². The van der Waals surface area contributed by atoms with Crippen molar-refractivity contribution in [2.45, 2.75) is 26.8 Å². The summed E-state index contributed by atoms with van der Waals surface area (Å²) in [5.41, 5.74) is 12.6. The second kappa shape index (κ2) is 14.0. The number of hydrogen-bond acceptors (Lipinski definition) is 5. The summed E-state index contributed by atoms with van der Waals surface area (Å²) < 4.78 is 20.9. The molecule has 5 nitrogen and oxygen atoms in total. The summed E-state index contributed by atoms with van der Waals surface area (Å²) in [6, 6.07) is 58.5. The maximum Gasteiger partial charge on any atom is 0.159 e. The molecule has 2 atom stereocenters. The van der Waals surface area contributed by atoms with E-state index in [1.54, 1.807) is 0 Å². The molecule has 0 N–H and O–H groups in total. The lowest BCUT2D eigenvalue weighted by Gasteiger charge is -2.36. The molecule has 1 aliphatic rings. The van der Waals surface area contributed by atoms with Gasteiger partial charge in [0.2, 0.25) is 0 Å². The predicted molar refractivity (Wildman–Crippen MR) is 267 cm³/mol. The van der Waals surface area contributed by atoms with Gasteiger partial charge < -0.3 is 23.1 Å². The molecule has 1 aliphatic carbocycles. The number of aryl methyl sites for hydroxylation is 2. The van der Waals surface area contributed by atoms with E-state index >= 15 is 0 Å². The van der Waals surface area contributed by atoms with Crippen molar-refractivity contribution in [2.24, 2.45) is 5.92 Å². The monoisotopic (exact) mass is 826 g/mol. The molecule has 306 valence electrons. The molecular weight excluding hydrogens is 785 g/mol. The quantitative estimate of drug-likeness (QED) is 0.167. The fourth-order valence-corrected chi connectivity index (χ4v) is 10.5. The van der Waals surface area contributed by atoms with Crippen LogP contribution in [0.25, 0.3) is 87.4 Å². The molecule has 13 rings (SSSR count). The Balaban J connectivity index is 1.11. The average Bonchev–Trinajstić information content (AvgIpc) is 4.04. The highest BCUT2D eigenvalue weighted by molar-refractivity contribution is 6.28. The van der Waals surface area contributed by atoms with Crippen molar-refractivity contribution in [2.75, 3.05) is 9.80 Å². The Bertz CT molecular complexity index is 3920. The van der Waals surface area contributed by atoms with Crippen molar-refractivity contribution in [3.63, 3.8) is 0 Å². The zero-order chi connectivity index (χ0) is 42.6. The van der Waals surface area contributed by atoms with Gasteiger partial charge in [0.1, 0.15) is 22.3 Å². The number of fused-ring (bicyclic) bond motifs is 13. The van der Waals surface area contributed by atoms with E-state index in [1.165, 1.54) is 0 Å². The van der Waals surface area contributed by atoms with Gasteiger partial charge in [-0.2, -0.15) is 0 Å². The van der Waals surface area contributed by atoms with Crippen LogP contribution in [0, 0.1) is 19.8 Å². The minimum atomic E-state index is 0.0106. The molecule has 9 aromatic carbocycles. The molecule has 0 aliphatic heterocycles. The number of benzene rings is 9. The van der Waals surface area contributed by atoms with Crippen molar-refractivity contribution in [1.29, 1.82) is 0 Å². The van der Waals surface area contributed by atoms with Gasteiger partial charge in [-0.3, -0.25) is 0 Å². The fraction of sp³-hybridized carbons (Fsp3) is 0.0847. The van der Waals surface area contributed by atoms with Crippen LogP contribution < -0.4 is 9.80 Å². The van der Waals surface area contributed by atoms with Crippen LogP contribution in [-0.4, -0.2) is 6.04 Å². The highest BCUT2D eigenvalue weighted by Crippen LogP contribution is 2.51. The zero-order valence-corrected chi connectivity index (χ0v) is 35.7. The molecule has 0 saturated carbocycles. The van der Waals surface area contributed by atoms with Crippen molar-refractivity contribution < 1.29 is 13.3 Å². The molecule has 0 bridgehead atoms. The van der Waals surface area contributed by atoms with Crippen LogP contribution >= 0.6 is 0 Å². The highest BCUT2D eigenvalue weighted by Gasteiger charge is 2.31. The van der Waals surface area contributed by atoms with Gasteiger partial charge in [-0.05, 0) is 66.6 Å². The Labute approximate surface area is 369 Å². The van der Waals surface area contributed by atoms with Gasteiger partial charge in [0.15, 0.2) is 11.2 Å². The van der Waals surface area contributed by atoms with E-state index in [2.05, 4.69) is 219 Å². The molecule has 12 aromatic rings. The molecule has 64 heavy (non-hydrogen) atoms. The van der Waals surface area contributed by atoms with E-state index in [0.29, 0.717) is 0 Å². The van der Waals surface area contributed by atoms with E-state index in [4.69, 9.17) is 13.3 Å². The van der Waals surface area contributed by atoms with Crippen molar-refractivity contribution >= 4 is 116 Å². The Morgan fingerprint density at radius 2 is 0.906 bits per heavy atom. The number of nitrogens with zero attached hydrogens (tertiary/aromatic N) is 2. The van der Waals surface area contributed by atoms with Gasteiger partial charge in [-0.15, -0.1) is 0 Å². The topological polar surface area (TPSA) is 45.9 Å². The van der Waals surface area contributed by atoms with Crippen molar-refractivity contribution in [3.05, 3.63) is 199 Å². The second-order valence-corrected chi connectivity index (χ2v) is 17.3. The Hall–Kier alpha value is -8.02. The summed E-state index contributed by atoms with van der Waals surface area (Å²) in [6.07, 6.45) is 8.96. The molecule has 0 saturated heterocycles. The van der Waals surface area contributed by atoms with Crippen LogP contribution in [0.15, 0.2) is 201 Å². The Morgan fingerprint density at radius 3 is 1.58 bits per heavy atom. The Morgan fingerprint density at radius 1 is 0.391 bits per heavy atom. The second-order valence-electron chi connectivity index (χ2n) is 17.3.